The summed E-state index contributed by atoms with van der Waals surface area (Å²) in [6.45, 7) is 1.46. The molecule has 0 saturated carbocycles. The summed E-state index contributed by atoms with van der Waals surface area (Å²) in [7, 11) is 0. The van der Waals surface area contributed by atoms with Crippen molar-refractivity contribution in [3.63, 3.8) is 0 Å². The van der Waals surface area contributed by atoms with Gasteiger partial charge in [-0.15, -0.1) is 11.8 Å². The lowest BCUT2D eigenvalue weighted by molar-refractivity contribution is -0.142. The molecular weight excluding hydrogens is 320 g/mol. The number of aliphatic hydroxyl groups is 2. The van der Waals surface area contributed by atoms with Crippen LogP contribution < -0.4 is 0 Å². The maximum Gasteiger partial charge on any atom is 0.343 e. The first-order valence-corrected chi connectivity index (χ1v) is 9.35. The Morgan fingerprint density at radius 2 is 1.26 bits per heavy atom. The second-order valence-corrected chi connectivity index (χ2v) is 6.48. The molecule has 0 aromatic carbocycles. The van der Waals surface area contributed by atoms with Crippen molar-refractivity contribution in [2.45, 2.75) is 76.6 Å². The van der Waals surface area contributed by atoms with Gasteiger partial charge >= 0.3 is 11.9 Å². The molecule has 0 aromatic rings. The second-order valence-electron chi connectivity index (χ2n) is 5.30. The number of aliphatic hydroxyl groups excluding tert-OH is 2. The number of carboxylic acid groups (broad SMARTS) is 2. The summed E-state index contributed by atoms with van der Waals surface area (Å²) >= 11 is 1.12. The number of aliphatic carboxylic acids is 2. The van der Waals surface area contributed by atoms with Crippen LogP contribution in [0.3, 0.4) is 0 Å². The van der Waals surface area contributed by atoms with Gasteiger partial charge in [0, 0.05) is 0 Å². The molecule has 1 unspecified atom stereocenters. The van der Waals surface area contributed by atoms with Crippen LogP contribution in [0, 0.1) is 0 Å². The lowest BCUT2D eigenvalue weighted by Crippen LogP contribution is -2.15. The van der Waals surface area contributed by atoms with E-state index in [0.29, 0.717) is 0 Å². The standard InChI is InChI=1S/C14H28O3S.C2H4O3/c1-2-3-4-5-6-7-8-9-10-11-12-18-14(17)13(15)16;3-1-2(4)5/h14,17H,2-12H2,1H3,(H,15,16);3H,1H2,(H,4,5). The molecule has 0 amide bonds. The third-order valence-electron chi connectivity index (χ3n) is 3.12. The molecular formula is C16H32O6S. The van der Waals surface area contributed by atoms with Crippen molar-refractivity contribution in [1.82, 2.24) is 0 Å². The molecule has 0 bridgehead atoms. The zero-order valence-corrected chi connectivity index (χ0v) is 14.9. The van der Waals surface area contributed by atoms with E-state index in [4.69, 9.17) is 25.2 Å². The Hall–Kier alpha value is -0.790. The van der Waals surface area contributed by atoms with E-state index >= 15 is 0 Å². The molecule has 0 saturated heterocycles. The van der Waals surface area contributed by atoms with Crippen LogP contribution in [0.2, 0.25) is 0 Å². The number of hydrogen-bond acceptors (Lipinski definition) is 5. The maximum atomic E-state index is 10.3. The van der Waals surface area contributed by atoms with Crippen molar-refractivity contribution in [1.29, 1.82) is 0 Å². The fourth-order valence-corrected chi connectivity index (χ4v) is 2.59. The highest BCUT2D eigenvalue weighted by Gasteiger charge is 2.11. The van der Waals surface area contributed by atoms with Gasteiger partial charge in [0.2, 0.25) is 0 Å². The van der Waals surface area contributed by atoms with Crippen LogP contribution in [0.25, 0.3) is 0 Å². The zero-order chi connectivity index (χ0) is 17.9. The summed E-state index contributed by atoms with van der Waals surface area (Å²) in [4.78, 5) is 19.5. The zero-order valence-electron chi connectivity index (χ0n) is 14.1. The van der Waals surface area contributed by atoms with Gasteiger partial charge in [-0.25, -0.2) is 9.59 Å². The first-order valence-electron chi connectivity index (χ1n) is 8.30. The van der Waals surface area contributed by atoms with Crippen LogP contribution in [0.4, 0.5) is 0 Å². The van der Waals surface area contributed by atoms with E-state index in [9.17, 15) is 4.79 Å². The molecule has 0 fully saturated rings. The van der Waals surface area contributed by atoms with Gasteiger partial charge in [-0.2, -0.15) is 0 Å². The topological polar surface area (TPSA) is 115 Å². The third-order valence-corrected chi connectivity index (χ3v) is 4.16. The Balaban J connectivity index is 0. The van der Waals surface area contributed by atoms with Gasteiger partial charge in [0.1, 0.15) is 6.61 Å². The fourth-order valence-electron chi connectivity index (χ4n) is 1.86. The Morgan fingerprint density at radius 1 is 0.870 bits per heavy atom. The predicted molar refractivity (Wildman–Crippen MR) is 92.7 cm³/mol. The first kappa shape index (κ1) is 24.5. The Labute approximate surface area is 143 Å². The van der Waals surface area contributed by atoms with Crippen LogP contribution in [0.15, 0.2) is 0 Å². The van der Waals surface area contributed by atoms with Crippen molar-refractivity contribution in [3.8, 4) is 0 Å². The number of hydrogen-bond donors (Lipinski definition) is 4. The van der Waals surface area contributed by atoms with E-state index in [1.54, 1.807) is 0 Å². The normalized spacial score (nSPS) is 11.4. The molecule has 0 heterocycles. The first-order chi connectivity index (χ1) is 11.0. The van der Waals surface area contributed by atoms with Crippen molar-refractivity contribution >= 4 is 23.7 Å². The number of carbonyl (C=O) groups is 2. The van der Waals surface area contributed by atoms with Crippen LogP contribution in [-0.4, -0.2) is 50.2 Å². The predicted octanol–water partition coefficient (Wildman–Crippen LogP) is 3.11. The number of carboxylic acids is 2. The molecule has 0 spiro atoms. The summed E-state index contributed by atoms with van der Waals surface area (Å²) in [6, 6.07) is 0. The van der Waals surface area contributed by atoms with Crippen molar-refractivity contribution in [2.75, 3.05) is 12.4 Å². The molecule has 0 aliphatic carbocycles. The van der Waals surface area contributed by atoms with Gasteiger partial charge < -0.3 is 20.4 Å². The van der Waals surface area contributed by atoms with Gasteiger partial charge in [0.15, 0.2) is 5.44 Å². The van der Waals surface area contributed by atoms with E-state index in [1.807, 2.05) is 0 Å². The molecule has 23 heavy (non-hydrogen) atoms. The minimum absolute atomic E-state index is 0.740. The number of unbranched alkanes of at least 4 members (excludes halogenated alkanes) is 9. The lowest BCUT2D eigenvalue weighted by atomic mass is 10.1. The Morgan fingerprint density at radius 3 is 1.61 bits per heavy atom. The Kier molecular flexibility index (Phi) is 20.5. The fraction of sp³-hybridized carbons (Fsp3) is 0.875. The second kappa shape index (κ2) is 19.3. The molecule has 7 heteroatoms. The summed E-state index contributed by atoms with van der Waals surface area (Å²) in [5, 5.41) is 32.5. The van der Waals surface area contributed by atoms with Crippen LogP contribution >= 0.6 is 11.8 Å². The summed E-state index contributed by atoms with van der Waals surface area (Å²) < 4.78 is 0. The van der Waals surface area contributed by atoms with Crippen molar-refractivity contribution in [3.05, 3.63) is 0 Å². The minimum atomic E-state index is -1.25. The smallest absolute Gasteiger partial charge is 0.343 e. The lowest BCUT2D eigenvalue weighted by Gasteiger charge is -2.05. The summed E-state index contributed by atoms with van der Waals surface area (Å²) in [5.41, 5.74) is -1.25. The van der Waals surface area contributed by atoms with Crippen LogP contribution in [0.5, 0.6) is 0 Å². The van der Waals surface area contributed by atoms with Gasteiger partial charge in [0.25, 0.3) is 0 Å². The minimum Gasteiger partial charge on any atom is -0.480 e. The molecule has 0 aliphatic rings. The van der Waals surface area contributed by atoms with Crippen molar-refractivity contribution < 1.29 is 30.0 Å². The molecule has 138 valence electrons. The molecule has 0 aliphatic heterocycles. The maximum absolute atomic E-state index is 10.3. The van der Waals surface area contributed by atoms with Crippen molar-refractivity contribution in [2.24, 2.45) is 0 Å². The number of thioether (sulfide) groups is 1. The highest BCUT2D eigenvalue weighted by atomic mass is 32.2. The SMILES string of the molecule is CCCCCCCCCCCCSC(O)C(=O)O.O=C(O)CO. The highest BCUT2D eigenvalue weighted by molar-refractivity contribution is 8.00. The molecule has 4 N–H and O–H groups in total. The highest BCUT2D eigenvalue weighted by Crippen LogP contribution is 2.14. The summed E-state index contributed by atoms with van der Waals surface area (Å²) in [6.07, 6.45) is 12.8. The molecule has 0 aromatic heterocycles. The quantitative estimate of drug-likeness (QED) is 0.280. The van der Waals surface area contributed by atoms with Gasteiger partial charge in [-0.3, -0.25) is 0 Å². The Bertz CT molecular complexity index is 286. The molecule has 1 atom stereocenters. The monoisotopic (exact) mass is 352 g/mol. The van der Waals surface area contributed by atoms with E-state index < -0.39 is 24.0 Å². The average molecular weight is 352 g/mol. The van der Waals surface area contributed by atoms with E-state index in [1.165, 1.54) is 51.4 Å². The molecule has 6 nitrogen and oxygen atoms in total. The number of rotatable bonds is 14. The van der Waals surface area contributed by atoms with Gasteiger partial charge in [-0.05, 0) is 12.2 Å². The molecule has 0 rings (SSSR count). The third kappa shape index (κ3) is 23.6. The summed E-state index contributed by atoms with van der Waals surface area (Å²) in [5.74, 6) is -1.58. The van der Waals surface area contributed by atoms with Gasteiger partial charge in [-0.1, -0.05) is 64.7 Å². The van der Waals surface area contributed by atoms with E-state index in [-0.39, 0.29) is 0 Å². The average Bonchev–Trinajstić information content (AvgIpc) is 2.52. The molecule has 0 radical (unpaired) electrons. The van der Waals surface area contributed by atoms with E-state index in [2.05, 4.69) is 6.92 Å². The van der Waals surface area contributed by atoms with Crippen LogP contribution in [0.1, 0.15) is 71.1 Å². The van der Waals surface area contributed by atoms with Gasteiger partial charge in [0.05, 0.1) is 0 Å². The van der Waals surface area contributed by atoms with Crippen LogP contribution in [-0.2, 0) is 9.59 Å². The largest absolute Gasteiger partial charge is 0.480 e. The van der Waals surface area contributed by atoms with E-state index in [0.717, 1.165) is 30.4 Å².